The van der Waals surface area contributed by atoms with E-state index in [1.807, 2.05) is 12.4 Å². The highest BCUT2D eigenvalue weighted by molar-refractivity contribution is 5.78. The standard InChI is InChI=1S/C23H43N2O2/c1-2-3-4-5-6-7-8-9-10-11-12-13-14-15-16-23-24-17-18-25(23,19-21-26)20-22-27/h9-10,17-18,26-27H,2-8,11-16,19-22H2,1H3/q+1/b10-9-. The minimum Gasteiger partial charge on any atom is -0.390 e. The first-order valence-electron chi connectivity index (χ1n) is 11.3. The molecule has 0 spiro atoms. The average Bonchev–Trinajstić information content (AvgIpc) is 3.05. The first kappa shape index (κ1) is 24.1. The van der Waals surface area contributed by atoms with E-state index < -0.39 is 0 Å². The molecule has 27 heavy (non-hydrogen) atoms. The van der Waals surface area contributed by atoms with Gasteiger partial charge in [0.15, 0.2) is 0 Å². The number of rotatable bonds is 18. The maximum atomic E-state index is 9.34. The second kappa shape index (κ2) is 16.0. The SMILES string of the molecule is CCCCCCCC/C=C\CCCCCCC1=NC=C[N+]1(CCO)CCO. The molecule has 0 bridgehead atoms. The monoisotopic (exact) mass is 379 g/mol. The van der Waals surface area contributed by atoms with Gasteiger partial charge in [-0.05, 0) is 32.1 Å². The molecule has 4 nitrogen and oxygen atoms in total. The van der Waals surface area contributed by atoms with Crippen LogP contribution in [0.3, 0.4) is 0 Å². The molecule has 1 heterocycles. The zero-order chi connectivity index (χ0) is 19.6. The average molecular weight is 380 g/mol. The van der Waals surface area contributed by atoms with Crippen molar-refractivity contribution >= 4 is 5.84 Å². The number of aliphatic hydroxyl groups excluding tert-OH is 2. The Morgan fingerprint density at radius 1 is 0.815 bits per heavy atom. The molecular formula is C23H43N2O2+. The van der Waals surface area contributed by atoms with Crippen LogP contribution in [0, 0.1) is 0 Å². The van der Waals surface area contributed by atoms with Gasteiger partial charge in [0.2, 0.25) is 5.84 Å². The van der Waals surface area contributed by atoms with E-state index in [1.165, 1.54) is 70.6 Å². The van der Waals surface area contributed by atoms with Crippen LogP contribution in [0.2, 0.25) is 0 Å². The maximum Gasteiger partial charge on any atom is 0.207 e. The van der Waals surface area contributed by atoms with E-state index in [1.54, 1.807) is 0 Å². The van der Waals surface area contributed by atoms with E-state index in [0.29, 0.717) is 17.6 Å². The lowest BCUT2D eigenvalue weighted by atomic mass is 10.1. The van der Waals surface area contributed by atoms with Crippen LogP contribution in [0.1, 0.15) is 90.4 Å². The summed E-state index contributed by atoms with van der Waals surface area (Å²) in [7, 11) is 0. The summed E-state index contributed by atoms with van der Waals surface area (Å²) in [5.74, 6) is 1.09. The Bertz CT molecular complexity index is 438. The normalized spacial score (nSPS) is 15.7. The van der Waals surface area contributed by atoms with Crippen molar-refractivity contribution in [3.63, 3.8) is 0 Å². The molecule has 1 aliphatic rings. The second-order valence-electron chi connectivity index (χ2n) is 7.75. The van der Waals surface area contributed by atoms with Gasteiger partial charge in [0.1, 0.15) is 19.3 Å². The first-order valence-corrected chi connectivity index (χ1v) is 11.3. The van der Waals surface area contributed by atoms with Gasteiger partial charge >= 0.3 is 0 Å². The summed E-state index contributed by atoms with van der Waals surface area (Å²) in [6.07, 6.45) is 25.1. The summed E-state index contributed by atoms with van der Waals surface area (Å²) in [5.41, 5.74) is 0. The number of aliphatic imine (C=N–C) groups is 1. The van der Waals surface area contributed by atoms with Crippen LogP contribution in [-0.4, -0.2) is 46.8 Å². The smallest absolute Gasteiger partial charge is 0.207 e. The van der Waals surface area contributed by atoms with Crippen LogP contribution in [0.25, 0.3) is 0 Å². The van der Waals surface area contributed by atoms with Gasteiger partial charge in [-0.15, -0.1) is 0 Å². The molecule has 0 amide bonds. The zero-order valence-corrected chi connectivity index (χ0v) is 17.6. The van der Waals surface area contributed by atoms with Gasteiger partial charge in [-0.3, -0.25) is 0 Å². The third kappa shape index (κ3) is 10.2. The van der Waals surface area contributed by atoms with E-state index in [4.69, 9.17) is 0 Å². The third-order valence-electron chi connectivity index (χ3n) is 5.50. The molecule has 0 aromatic heterocycles. The van der Waals surface area contributed by atoms with Crippen molar-refractivity contribution < 1.29 is 14.7 Å². The van der Waals surface area contributed by atoms with E-state index in [-0.39, 0.29) is 13.2 Å². The fourth-order valence-corrected chi connectivity index (χ4v) is 3.79. The number of hydrogen-bond acceptors (Lipinski definition) is 3. The van der Waals surface area contributed by atoms with Crippen molar-refractivity contribution in [3.8, 4) is 0 Å². The molecule has 1 rings (SSSR count). The molecule has 0 fully saturated rings. The Labute approximate surface area is 167 Å². The maximum absolute atomic E-state index is 9.34. The molecule has 0 aromatic rings. The predicted molar refractivity (Wildman–Crippen MR) is 116 cm³/mol. The Balaban J connectivity index is 2.02. The van der Waals surface area contributed by atoms with Crippen molar-refractivity contribution in [1.29, 1.82) is 0 Å². The molecule has 0 atom stereocenters. The summed E-state index contributed by atoms with van der Waals surface area (Å²) in [6.45, 7) is 3.73. The van der Waals surface area contributed by atoms with E-state index in [2.05, 4.69) is 24.1 Å². The number of unbranched alkanes of at least 4 members (excludes halogenated alkanes) is 10. The van der Waals surface area contributed by atoms with Gasteiger partial charge in [-0.2, -0.15) is 0 Å². The van der Waals surface area contributed by atoms with Crippen LogP contribution in [-0.2, 0) is 0 Å². The lowest BCUT2D eigenvalue weighted by Gasteiger charge is -2.31. The summed E-state index contributed by atoms with van der Waals surface area (Å²) in [4.78, 5) is 4.50. The number of allylic oxidation sites excluding steroid dienone is 2. The fraction of sp³-hybridized carbons (Fsp3) is 0.783. The number of aliphatic hydroxyl groups is 2. The predicted octanol–water partition coefficient (Wildman–Crippen LogP) is 5.32. The topological polar surface area (TPSA) is 52.8 Å². The third-order valence-corrected chi connectivity index (χ3v) is 5.50. The summed E-state index contributed by atoms with van der Waals surface area (Å²) >= 11 is 0. The number of nitrogens with zero attached hydrogens (tertiary/aromatic N) is 2. The minimum atomic E-state index is 0.119. The molecule has 0 aromatic carbocycles. The fourth-order valence-electron chi connectivity index (χ4n) is 3.79. The number of hydrogen-bond donors (Lipinski definition) is 2. The van der Waals surface area contributed by atoms with Gasteiger partial charge in [0, 0.05) is 6.42 Å². The molecule has 2 N–H and O–H groups in total. The van der Waals surface area contributed by atoms with Gasteiger partial charge in [-0.25, -0.2) is 9.48 Å². The van der Waals surface area contributed by atoms with Crippen molar-refractivity contribution in [2.45, 2.75) is 90.4 Å². The summed E-state index contributed by atoms with van der Waals surface area (Å²) < 4.78 is 0.536. The van der Waals surface area contributed by atoms with E-state index in [0.717, 1.165) is 18.7 Å². The Hall–Kier alpha value is -0.970. The minimum absolute atomic E-state index is 0.119. The molecule has 0 saturated heterocycles. The number of quaternary nitrogens is 1. The largest absolute Gasteiger partial charge is 0.390 e. The lowest BCUT2D eigenvalue weighted by molar-refractivity contribution is -0.789. The van der Waals surface area contributed by atoms with Gasteiger partial charge in [0.25, 0.3) is 0 Å². The van der Waals surface area contributed by atoms with Crippen molar-refractivity contribution in [2.24, 2.45) is 4.99 Å². The van der Waals surface area contributed by atoms with Gasteiger partial charge in [0.05, 0.1) is 19.4 Å². The highest BCUT2D eigenvalue weighted by Crippen LogP contribution is 2.21. The Morgan fingerprint density at radius 2 is 1.37 bits per heavy atom. The van der Waals surface area contributed by atoms with Gasteiger partial charge in [-0.1, -0.05) is 64.0 Å². The Kier molecular flexibility index (Phi) is 14.3. The molecule has 156 valence electrons. The van der Waals surface area contributed by atoms with Crippen LogP contribution in [0.5, 0.6) is 0 Å². The molecule has 0 radical (unpaired) electrons. The molecule has 0 unspecified atom stereocenters. The van der Waals surface area contributed by atoms with Crippen LogP contribution < -0.4 is 0 Å². The van der Waals surface area contributed by atoms with Crippen LogP contribution >= 0.6 is 0 Å². The molecule has 1 aliphatic heterocycles. The highest BCUT2D eigenvalue weighted by atomic mass is 16.3. The van der Waals surface area contributed by atoms with Gasteiger partial charge < -0.3 is 10.2 Å². The first-order chi connectivity index (χ1) is 13.3. The molecule has 0 aliphatic carbocycles. The zero-order valence-electron chi connectivity index (χ0n) is 17.6. The highest BCUT2D eigenvalue weighted by Gasteiger charge is 2.33. The molecule has 4 heteroatoms. The van der Waals surface area contributed by atoms with E-state index >= 15 is 0 Å². The van der Waals surface area contributed by atoms with E-state index in [9.17, 15) is 10.2 Å². The van der Waals surface area contributed by atoms with Crippen molar-refractivity contribution in [3.05, 3.63) is 24.6 Å². The summed E-state index contributed by atoms with van der Waals surface area (Å²) in [5, 5.41) is 18.7. The molecule has 0 saturated carbocycles. The summed E-state index contributed by atoms with van der Waals surface area (Å²) in [6, 6.07) is 0. The lowest BCUT2D eigenvalue weighted by Crippen LogP contribution is -2.50. The Morgan fingerprint density at radius 3 is 1.96 bits per heavy atom. The second-order valence-corrected chi connectivity index (χ2v) is 7.75. The van der Waals surface area contributed by atoms with Crippen LogP contribution in [0.4, 0.5) is 0 Å². The van der Waals surface area contributed by atoms with Crippen molar-refractivity contribution in [1.82, 2.24) is 0 Å². The number of amidine groups is 1. The quantitative estimate of drug-likeness (QED) is 0.192. The molecular weight excluding hydrogens is 336 g/mol. The van der Waals surface area contributed by atoms with Crippen LogP contribution in [0.15, 0.2) is 29.5 Å². The van der Waals surface area contributed by atoms with Crippen molar-refractivity contribution in [2.75, 3.05) is 26.3 Å².